The number of hydrogen-bond donors (Lipinski definition) is 2. The van der Waals surface area contributed by atoms with Crippen molar-refractivity contribution in [1.82, 2.24) is 5.32 Å². The van der Waals surface area contributed by atoms with E-state index in [2.05, 4.69) is 29.6 Å². The number of aliphatic hydroxyl groups is 1. The van der Waals surface area contributed by atoms with Crippen molar-refractivity contribution in [3.05, 3.63) is 95.6 Å². The molecule has 6 nitrogen and oxygen atoms in total. The Balaban J connectivity index is 1.65. The first kappa shape index (κ1) is 24.3. The van der Waals surface area contributed by atoms with Crippen LogP contribution in [0, 0.1) is 0 Å². The number of carbonyl (C=O) groups is 1. The molecular weight excluding hydrogens is 418 g/mol. The van der Waals surface area contributed by atoms with E-state index in [1.54, 1.807) is 25.1 Å². The van der Waals surface area contributed by atoms with Crippen LogP contribution in [-0.2, 0) is 4.74 Å². The van der Waals surface area contributed by atoms with Crippen molar-refractivity contribution in [2.75, 3.05) is 26.4 Å². The Morgan fingerprint density at radius 1 is 0.879 bits per heavy atom. The van der Waals surface area contributed by atoms with Crippen LogP contribution >= 0.6 is 0 Å². The largest absolute Gasteiger partial charge is 0.494 e. The second-order valence-corrected chi connectivity index (χ2v) is 7.44. The van der Waals surface area contributed by atoms with E-state index in [9.17, 15) is 9.90 Å². The fraction of sp³-hybridized carbons (Fsp3) is 0.296. The van der Waals surface area contributed by atoms with E-state index in [0.29, 0.717) is 24.7 Å². The molecule has 0 aromatic heterocycles. The van der Waals surface area contributed by atoms with E-state index in [0.717, 1.165) is 11.1 Å². The van der Waals surface area contributed by atoms with Crippen LogP contribution in [0.1, 0.15) is 41.4 Å². The van der Waals surface area contributed by atoms with Gasteiger partial charge in [-0.25, -0.2) is 4.79 Å². The Kier molecular flexibility index (Phi) is 9.30. The molecule has 0 saturated carbocycles. The Bertz CT molecular complexity index is 954. The maximum Gasteiger partial charge on any atom is 0.342 e. The molecule has 174 valence electrons. The highest BCUT2D eigenvalue weighted by molar-refractivity contribution is 5.93. The molecule has 0 aliphatic carbocycles. The third-order valence-electron chi connectivity index (χ3n) is 5.01. The van der Waals surface area contributed by atoms with Crippen LogP contribution in [0.5, 0.6) is 11.5 Å². The molecule has 0 amide bonds. The van der Waals surface area contributed by atoms with E-state index in [4.69, 9.17) is 14.2 Å². The van der Waals surface area contributed by atoms with Crippen molar-refractivity contribution in [3.63, 3.8) is 0 Å². The first-order chi connectivity index (χ1) is 16.1. The number of aliphatic hydroxyl groups excluding tert-OH is 1. The quantitative estimate of drug-likeness (QED) is 0.400. The number of nitrogens with one attached hydrogen (secondary N) is 1. The molecule has 0 radical (unpaired) electrons. The summed E-state index contributed by atoms with van der Waals surface area (Å²) in [5, 5.41) is 14.0. The molecule has 1 atom stereocenters. The van der Waals surface area contributed by atoms with Gasteiger partial charge in [0.25, 0.3) is 0 Å². The van der Waals surface area contributed by atoms with E-state index in [1.165, 1.54) is 0 Å². The summed E-state index contributed by atoms with van der Waals surface area (Å²) in [6.07, 6.45) is -0.790. The highest BCUT2D eigenvalue weighted by Gasteiger charge is 2.18. The Labute approximate surface area is 195 Å². The molecule has 33 heavy (non-hydrogen) atoms. The van der Waals surface area contributed by atoms with E-state index < -0.39 is 12.1 Å². The van der Waals surface area contributed by atoms with Crippen LogP contribution in [0.25, 0.3) is 0 Å². The summed E-state index contributed by atoms with van der Waals surface area (Å²) in [7, 11) is 0. The molecule has 0 saturated heterocycles. The predicted molar refractivity (Wildman–Crippen MR) is 128 cm³/mol. The lowest BCUT2D eigenvalue weighted by Gasteiger charge is -2.22. The van der Waals surface area contributed by atoms with Gasteiger partial charge in [0.15, 0.2) is 0 Å². The van der Waals surface area contributed by atoms with Crippen molar-refractivity contribution in [3.8, 4) is 11.5 Å². The Morgan fingerprint density at radius 2 is 1.52 bits per heavy atom. The monoisotopic (exact) mass is 449 g/mol. The fourth-order valence-electron chi connectivity index (χ4n) is 3.48. The molecule has 0 aliphatic heterocycles. The first-order valence-corrected chi connectivity index (χ1v) is 11.2. The molecule has 3 aromatic carbocycles. The third kappa shape index (κ3) is 7.07. The smallest absolute Gasteiger partial charge is 0.342 e. The van der Waals surface area contributed by atoms with E-state index >= 15 is 0 Å². The number of carbonyl (C=O) groups excluding carboxylic acids is 1. The van der Waals surface area contributed by atoms with Gasteiger partial charge in [-0.2, -0.15) is 0 Å². The average Bonchev–Trinajstić information content (AvgIpc) is 2.85. The normalized spacial score (nSPS) is 11.8. The molecule has 0 spiro atoms. The van der Waals surface area contributed by atoms with Gasteiger partial charge in [-0.05, 0) is 43.2 Å². The number of ether oxygens (including phenoxy) is 3. The minimum absolute atomic E-state index is 0.0175. The molecule has 1 unspecified atom stereocenters. The summed E-state index contributed by atoms with van der Waals surface area (Å²) in [4.78, 5) is 12.4. The van der Waals surface area contributed by atoms with Gasteiger partial charge in [0.1, 0.15) is 29.8 Å². The summed E-state index contributed by atoms with van der Waals surface area (Å²) in [6.45, 7) is 4.68. The van der Waals surface area contributed by atoms with Gasteiger partial charge in [0.05, 0.1) is 19.3 Å². The zero-order valence-electron chi connectivity index (χ0n) is 19.1. The lowest BCUT2D eigenvalue weighted by atomic mass is 9.98. The molecule has 0 aliphatic rings. The second-order valence-electron chi connectivity index (χ2n) is 7.44. The van der Waals surface area contributed by atoms with Crippen molar-refractivity contribution < 1.29 is 24.1 Å². The molecule has 6 heteroatoms. The van der Waals surface area contributed by atoms with Gasteiger partial charge < -0.3 is 24.6 Å². The number of esters is 1. The first-order valence-electron chi connectivity index (χ1n) is 11.2. The maximum absolute atomic E-state index is 12.4. The Morgan fingerprint density at radius 3 is 2.09 bits per heavy atom. The van der Waals surface area contributed by atoms with Crippen molar-refractivity contribution in [1.29, 1.82) is 0 Å². The summed E-state index contributed by atoms with van der Waals surface area (Å²) in [5.74, 6) is 0.414. The summed E-state index contributed by atoms with van der Waals surface area (Å²) >= 11 is 0. The molecule has 3 rings (SSSR count). The highest BCUT2D eigenvalue weighted by Crippen LogP contribution is 2.26. The van der Waals surface area contributed by atoms with Crippen molar-refractivity contribution in [2.45, 2.75) is 26.0 Å². The molecule has 0 fully saturated rings. The molecule has 2 N–H and O–H groups in total. The average molecular weight is 450 g/mol. The summed E-state index contributed by atoms with van der Waals surface area (Å²) in [6, 6.07) is 25.1. The number of benzene rings is 3. The van der Waals surface area contributed by atoms with Gasteiger partial charge in [-0.3, -0.25) is 0 Å². The SMILES string of the molecule is CCOC(=O)c1cc(OCC)ccc1OCC(O)CNC(c1ccccc1)c1ccccc1. The predicted octanol–water partition coefficient (Wildman–Crippen LogP) is 4.38. The van der Waals surface area contributed by atoms with Crippen LogP contribution in [0.15, 0.2) is 78.9 Å². The van der Waals surface area contributed by atoms with E-state index in [-0.39, 0.29) is 24.8 Å². The maximum atomic E-state index is 12.4. The summed E-state index contributed by atoms with van der Waals surface area (Å²) < 4.78 is 16.4. The van der Waals surface area contributed by atoms with E-state index in [1.807, 2.05) is 43.3 Å². The van der Waals surface area contributed by atoms with Crippen LogP contribution in [0.3, 0.4) is 0 Å². The topological polar surface area (TPSA) is 77.0 Å². The van der Waals surface area contributed by atoms with Crippen LogP contribution in [0.2, 0.25) is 0 Å². The van der Waals surface area contributed by atoms with Gasteiger partial charge in [0.2, 0.25) is 0 Å². The zero-order chi connectivity index (χ0) is 23.5. The molecule has 3 aromatic rings. The van der Waals surface area contributed by atoms with Crippen LogP contribution < -0.4 is 14.8 Å². The van der Waals surface area contributed by atoms with Crippen molar-refractivity contribution >= 4 is 5.97 Å². The standard InChI is InChI=1S/C27H31NO5/c1-3-31-23-15-16-25(24(17-23)27(30)32-4-2)33-19-22(29)18-28-26(20-11-7-5-8-12-20)21-13-9-6-10-14-21/h5-17,22,26,28-29H,3-4,18-19H2,1-2H3. The minimum Gasteiger partial charge on any atom is -0.494 e. The van der Waals surface area contributed by atoms with Gasteiger partial charge in [-0.1, -0.05) is 60.7 Å². The van der Waals surface area contributed by atoms with Gasteiger partial charge in [-0.15, -0.1) is 0 Å². The minimum atomic E-state index is -0.790. The van der Waals surface area contributed by atoms with Crippen molar-refractivity contribution in [2.24, 2.45) is 0 Å². The zero-order valence-corrected chi connectivity index (χ0v) is 19.1. The highest BCUT2D eigenvalue weighted by atomic mass is 16.5. The molecule has 0 heterocycles. The lowest BCUT2D eigenvalue weighted by molar-refractivity contribution is 0.0514. The summed E-state index contributed by atoms with van der Waals surface area (Å²) in [5.41, 5.74) is 2.48. The second kappa shape index (κ2) is 12.6. The van der Waals surface area contributed by atoms with Crippen LogP contribution in [-0.4, -0.2) is 43.5 Å². The molecular formula is C27H31NO5. The third-order valence-corrected chi connectivity index (χ3v) is 5.01. The van der Waals surface area contributed by atoms with Gasteiger partial charge >= 0.3 is 5.97 Å². The number of rotatable bonds is 12. The van der Waals surface area contributed by atoms with Crippen LogP contribution in [0.4, 0.5) is 0 Å². The lowest BCUT2D eigenvalue weighted by Crippen LogP contribution is -2.34. The number of hydrogen-bond acceptors (Lipinski definition) is 6. The van der Waals surface area contributed by atoms with Gasteiger partial charge in [0, 0.05) is 6.54 Å². The Hall–Kier alpha value is -3.35. The molecule has 0 bridgehead atoms. The fourth-order valence-corrected chi connectivity index (χ4v) is 3.48.